The molecular weight excluding hydrogens is 517 g/mol. The van der Waals surface area contributed by atoms with E-state index in [4.69, 9.17) is 9.47 Å². The van der Waals surface area contributed by atoms with Crippen LogP contribution in [0.2, 0.25) is 0 Å². The van der Waals surface area contributed by atoms with E-state index < -0.39 is 0 Å². The molecule has 0 aliphatic carbocycles. The van der Waals surface area contributed by atoms with Crippen LogP contribution in [0.1, 0.15) is 16.7 Å². The van der Waals surface area contributed by atoms with Crippen molar-refractivity contribution in [2.24, 2.45) is 0 Å². The Bertz CT molecular complexity index is 1440. The molecule has 182 valence electrons. The quantitative estimate of drug-likeness (QED) is 0.175. The first-order valence-electron chi connectivity index (χ1n) is 12.0. The highest BCUT2D eigenvalue weighted by atomic mass is 79.9. The standard InChI is InChI=1S/C31H27BrFNO2/c1-22-29-19-28(36-21-24-5-3-2-4-6-24)15-16-30(29)34(31(22)25-9-11-26(33)12-10-25)20-23-7-13-27(14-8-23)35-18-17-32/h2-16,19H,17-18,20-21H2,1H3. The van der Waals surface area contributed by atoms with Crippen molar-refractivity contribution in [3.05, 3.63) is 120 Å². The number of benzene rings is 4. The van der Waals surface area contributed by atoms with Gasteiger partial charge in [-0.25, -0.2) is 4.39 Å². The van der Waals surface area contributed by atoms with Crippen LogP contribution in [-0.2, 0) is 13.2 Å². The molecule has 0 saturated carbocycles. The van der Waals surface area contributed by atoms with Crippen molar-refractivity contribution in [3.8, 4) is 22.8 Å². The fraction of sp³-hybridized carbons (Fsp3) is 0.161. The van der Waals surface area contributed by atoms with Gasteiger partial charge in [0.25, 0.3) is 0 Å². The maximum atomic E-state index is 13.7. The third-order valence-corrected chi connectivity index (χ3v) is 6.59. The highest BCUT2D eigenvalue weighted by molar-refractivity contribution is 9.09. The average Bonchev–Trinajstić information content (AvgIpc) is 3.18. The minimum Gasteiger partial charge on any atom is -0.493 e. The topological polar surface area (TPSA) is 23.4 Å². The van der Waals surface area contributed by atoms with Crippen LogP contribution in [0.15, 0.2) is 97.1 Å². The highest BCUT2D eigenvalue weighted by Crippen LogP contribution is 2.36. The molecule has 0 unspecified atom stereocenters. The van der Waals surface area contributed by atoms with Gasteiger partial charge in [-0.3, -0.25) is 0 Å². The molecule has 0 saturated heterocycles. The number of alkyl halides is 1. The van der Waals surface area contributed by atoms with Gasteiger partial charge in [0.2, 0.25) is 0 Å². The summed E-state index contributed by atoms with van der Waals surface area (Å²) in [4.78, 5) is 0. The molecule has 0 aliphatic rings. The summed E-state index contributed by atoms with van der Waals surface area (Å²) >= 11 is 3.39. The zero-order valence-electron chi connectivity index (χ0n) is 20.1. The number of halogens is 2. The van der Waals surface area contributed by atoms with Crippen molar-refractivity contribution in [1.82, 2.24) is 4.57 Å². The molecule has 0 N–H and O–H groups in total. The third-order valence-electron chi connectivity index (χ3n) is 6.26. The van der Waals surface area contributed by atoms with Crippen molar-refractivity contribution in [2.45, 2.75) is 20.1 Å². The third kappa shape index (κ3) is 5.31. The molecule has 3 nitrogen and oxygen atoms in total. The Balaban J connectivity index is 1.52. The number of nitrogens with zero attached hydrogens (tertiary/aromatic N) is 1. The van der Waals surface area contributed by atoms with Gasteiger partial charge in [0.1, 0.15) is 23.9 Å². The summed E-state index contributed by atoms with van der Waals surface area (Å²) < 4.78 is 27.8. The number of aromatic nitrogens is 1. The molecule has 0 aliphatic heterocycles. The lowest BCUT2D eigenvalue weighted by molar-refractivity contribution is 0.306. The normalized spacial score (nSPS) is 11.1. The van der Waals surface area contributed by atoms with Crippen molar-refractivity contribution in [2.75, 3.05) is 11.9 Å². The molecule has 0 radical (unpaired) electrons. The Morgan fingerprint density at radius 3 is 2.22 bits per heavy atom. The SMILES string of the molecule is Cc1c(-c2ccc(F)cc2)n(Cc2ccc(OCCBr)cc2)c2ccc(OCc3ccccc3)cc12. The molecule has 0 bridgehead atoms. The van der Waals surface area contributed by atoms with Gasteiger partial charge >= 0.3 is 0 Å². The van der Waals surface area contributed by atoms with Gasteiger partial charge in [-0.05, 0) is 83.8 Å². The van der Waals surface area contributed by atoms with Gasteiger partial charge in [-0.2, -0.15) is 0 Å². The molecular formula is C31H27BrFNO2. The summed E-state index contributed by atoms with van der Waals surface area (Å²) in [6.45, 7) is 3.94. The molecule has 36 heavy (non-hydrogen) atoms. The monoisotopic (exact) mass is 543 g/mol. The molecule has 4 aromatic carbocycles. The molecule has 0 atom stereocenters. The summed E-state index contributed by atoms with van der Waals surface area (Å²) in [5.74, 6) is 1.44. The first kappa shape index (κ1) is 24.1. The van der Waals surface area contributed by atoms with Gasteiger partial charge in [-0.15, -0.1) is 0 Å². The second-order valence-corrected chi connectivity index (χ2v) is 9.49. The van der Waals surface area contributed by atoms with Crippen LogP contribution < -0.4 is 9.47 Å². The molecule has 1 aromatic heterocycles. The largest absolute Gasteiger partial charge is 0.493 e. The number of rotatable bonds is 9. The number of hydrogen-bond donors (Lipinski definition) is 0. The lowest BCUT2D eigenvalue weighted by atomic mass is 10.1. The summed E-state index contributed by atoms with van der Waals surface area (Å²) in [5.41, 5.74) is 6.59. The van der Waals surface area contributed by atoms with Crippen molar-refractivity contribution < 1.29 is 13.9 Å². The van der Waals surface area contributed by atoms with Crippen LogP contribution in [0.25, 0.3) is 22.2 Å². The highest BCUT2D eigenvalue weighted by Gasteiger charge is 2.17. The van der Waals surface area contributed by atoms with Crippen molar-refractivity contribution in [1.29, 1.82) is 0 Å². The lowest BCUT2D eigenvalue weighted by Crippen LogP contribution is -2.03. The molecule has 0 amide bonds. The predicted molar refractivity (Wildman–Crippen MR) is 148 cm³/mol. The van der Waals surface area contributed by atoms with E-state index in [2.05, 4.69) is 63.8 Å². The zero-order valence-corrected chi connectivity index (χ0v) is 21.7. The van der Waals surface area contributed by atoms with E-state index >= 15 is 0 Å². The van der Waals surface area contributed by atoms with Crippen LogP contribution in [-0.4, -0.2) is 16.5 Å². The van der Waals surface area contributed by atoms with Gasteiger partial charge < -0.3 is 14.0 Å². The first-order valence-corrected chi connectivity index (χ1v) is 13.1. The molecule has 0 fully saturated rings. The van der Waals surface area contributed by atoms with Crippen LogP contribution in [0.3, 0.4) is 0 Å². The Morgan fingerprint density at radius 1 is 0.778 bits per heavy atom. The summed E-state index contributed by atoms with van der Waals surface area (Å²) in [5, 5.41) is 1.92. The second-order valence-electron chi connectivity index (χ2n) is 8.70. The number of hydrogen-bond acceptors (Lipinski definition) is 2. The molecule has 5 rings (SSSR count). The Kier molecular flexibility index (Phi) is 7.38. The fourth-order valence-corrected chi connectivity index (χ4v) is 4.67. The van der Waals surface area contributed by atoms with Crippen LogP contribution >= 0.6 is 15.9 Å². The average molecular weight is 544 g/mol. The molecule has 5 heteroatoms. The maximum absolute atomic E-state index is 13.7. The van der Waals surface area contributed by atoms with Crippen LogP contribution in [0, 0.1) is 12.7 Å². The van der Waals surface area contributed by atoms with E-state index in [-0.39, 0.29) is 5.82 Å². The maximum Gasteiger partial charge on any atom is 0.123 e. The Labute approximate surface area is 219 Å². The Morgan fingerprint density at radius 2 is 1.50 bits per heavy atom. The zero-order chi connectivity index (χ0) is 24.9. The van der Waals surface area contributed by atoms with Crippen molar-refractivity contribution >= 4 is 26.8 Å². The van der Waals surface area contributed by atoms with E-state index in [9.17, 15) is 4.39 Å². The van der Waals surface area contributed by atoms with E-state index in [1.807, 2.05) is 48.5 Å². The number of aryl methyl sites for hydroxylation is 1. The molecule has 1 heterocycles. The lowest BCUT2D eigenvalue weighted by Gasteiger charge is -2.13. The summed E-state index contributed by atoms with van der Waals surface area (Å²) in [7, 11) is 0. The smallest absolute Gasteiger partial charge is 0.123 e. The summed E-state index contributed by atoms with van der Waals surface area (Å²) in [6.07, 6.45) is 0. The van der Waals surface area contributed by atoms with Gasteiger partial charge in [0.15, 0.2) is 0 Å². The minimum absolute atomic E-state index is 0.241. The van der Waals surface area contributed by atoms with Crippen molar-refractivity contribution in [3.63, 3.8) is 0 Å². The first-order chi connectivity index (χ1) is 17.6. The van der Waals surface area contributed by atoms with E-state index in [0.29, 0.717) is 19.8 Å². The van der Waals surface area contributed by atoms with Gasteiger partial charge in [0, 0.05) is 22.8 Å². The Hall–Kier alpha value is -3.57. The second kappa shape index (κ2) is 11.0. The number of fused-ring (bicyclic) bond motifs is 1. The molecule has 5 aromatic rings. The fourth-order valence-electron chi connectivity index (χ4n) is 4.51. The van der Waals surface area contributed by atoms with Gasteiger partial charge in [-0.1, -0.05) is 58.4 Å². The van der Waals surface area contributed by atoms with E-state index in [0.717, 1.165) is 55.7 Å². The van der Waals surface area contributed by atoms with Crippen LogP contribution in [0.4, 0.5) is 4.39 Å². The predicted octanol–water partition coefficient (Wildman–Crippen LogP) is 8.16. The molecule has 0 spiro atoms. The van der Waals surface area contributed by atoms with Crippen LogP contribution in [0.5, 0.6) is 11.5 Å². The van der Waals surface area contributed by atoms with E-state index in [1.165, 1.54) is 12.1 Å². The van der Waals surface area contributed by atoms with E-state index in [1.54, 1.807) is 0 Å². The van der Waals surface area contributed by atoms with Gasteiger partial charge in [0.05, 0.1) is 12.3 Å². The summed E-state index contributed by atoms with van der Waals surface area (Å²) in [6, 6.07) is 31.3. The minimum atomic E-state index is -0.241. The number of ether oxygens (including phenoxy) is 2.